The van der Waals surface area contributed by atoms with E-state index in [4.69, 9.17) is 5.73 Å². The van der Waals surface area contributed by atoms with Gasteiger partial charge in [0.05, 0.1) is 0 Å². The number of nitrogens with zero attached hydrogens (tertiary/aromatic N) is 1. The summed E-state index contributed by atoms with van der Waals surface area (Å²) in [5, 5.41) is 0. The van der Waals surface area contributed by atoms with E-state index in [-0.39, 0.29) is 5.41 Å². The average Bonchev–Trinajstić information content (AvgIpc) is 1.95. The van der Waals surface area contributed by atoms with Crippen molar-refractivity contribution >= 4 is 5.71 Å². The van der Waals surface area contributed by atoms with Crippen LogP contribution in [0.3, 0.4) is 0 Å². The molecule has 0 aromatic rings. The van der Waals surface area contributed by atoms with E-state index in [1.54, 1.807) is 6.20 Å². The summed E-state index contributed by atoms with van der Waals surface area (Å²) in [7, 11) is 0. The number of allylic oxidation sites excluding steroid dienone is 2. The van der Waals surface area contributed by atoms with E-state index in [0.717, 1.165) is 5.71 Å². The molecule has 0 heterocycles. The van der Waals surface area contributed by atoms with Crippen molar-refractivity contribution < 1.29 is 0 Å². The number of hydrogen-bond donors (Lipinski definition) is 1. The van der Waals surface area contributed by atoms with Gasteiger partial charge < -0.3 is 5.73 Å². The molecule has 12 heavy (non-hydrogen) atoms. The van der Waals surface area contributed by atoms with E-state index >= 15 is 0 Å². The molecular weight excluding hydrogens is 148 g/mol. The van der Waals surface area contributed by atoms with Gasteiger partial charge in [0.15, 0.2) is 0 Å². The lowest BCUT2D eigenvalue weighted by molar-refractivity contribution is 0.594. The molecule has 0 saturated heterocycles. The zero-order valence-corrected chi connectivity index (χ0v) is 8.33. The third-order valence-corrected chi connectivity index (χ3v) is 1.39. The summed E-state index contributed by atoms with van der Waals surface area (Å²) < 4.78 is 0. The van der Waals surface area contributed by atoms with Crippen molar-refractivity contribution in [1.29, 1.82) is 0 Å². The van der Waals surface area contributed by atoms with Crippen LogP contribution in [0.4, 0.5) is 0 Å². The molecule has 0 spiro atoms. The lowest BCUT2D eigenvalue weighted by Crippen LogP contribution is -2.17. The fourth-order valence-electron chi connectivity index (χ4n) is 0.768. The third kappa shape index (κ3) is 3.96. The van der Waals surface area contributed by atoms with Crippen molar-refractivity contribution in [2.45, 2.75) is 27.7 Å². The summed E-state index contributed by atoms with van der Waals surface area (Å²) in [5.41, 5.74) is 6.31. The Morgan fingerprint density at radius 1 is 1.33 bits per heavy atom. The van der Waals surface area contributed by atoms with Crippen LogP contribution in [0.25, 0.3) is 0 Å². The SMILES string of the molecule is C\C=C/C(=N\C=C/N)C(C)(C)C. The first-order valence-corrected chi connectivity index (χ1v) is 4.10. The Labute approximate surface area is 74.9 Å². The largest absolute Gasteiger partial charge is 0.403 e. The minimum atomic E-state index is 0.0754. The van der Waals surface area contributed by atoms with Crippen LogP contribution in [0.2, 0.25) is 0 Å². The Bertz CT molecular complexity index is 204. The smallest absolute Gasteiger partial charge is 0.0454 e. The number of aliphatic imine (C=N–C) groups is 1. The lowest BCUT2D eigenvalue weighted by atomic mass is 9.89. The maximum absolute atomic E-state index is 5.20. The monoisotopic (exact) mass is 166 g/mol. The van der Waals surface area contributed by atoms with Crippen molar-refractivity contribution in [2.75, 3.05) is 0 Å². The molecule has 0 aromatic heterocycles. The Morgan fingerprint density at radius 2 is 1.92 bits per heavy atom. The van der Waals surface area contributed by atoms with Gasteiger partial charge in [-0.3, -0.25) is 4.99 Å². The Hall–Kier alpha value is -1.05. The van der Waals surface area contributed by atoms with E-state index < -0.39 is 0 Å². The summed E-state index contributed by atoms with van der Waals surface area (Å²) >= 11 is 0. The molecule has 2 N–H and O–H groups in total. The molecule has 0 fully saturated rings. The molecule has 0 unspecified atom stereocenters. The minimum Gasteiger partial charge on any atom is -0.403 e. The first-order chi connectivity index (χ1) is 5.52. The molecule has 0 saturated carbocycles. The van der Waals surface area contributed by atoms with Gasteiger partial charge >= 0.3 is 0 Å². The highest BCUT2D eigenvalue weighted by Crippen LogP contribution is 2.17. The quantitative estimate of drug-likeness (QED) is 0.629. The molecule has 0 radical (unpaired) electrons. The number of rotatable bonds is 2. The molecule has 68 valence electrons. The first kappa shape index (κ1) is 11.0. The molecule has 0 amide bonds. The second-order valence-electron chi connectivity index (χ2n) is 3.61. The lowest BCUT2D eigenvalue weighted by Gasteiger charge is -2.17. The van der Waals surface area contributed by atoms with Crippen molar-refractivity contribution in [2.24, 2.45) is 16.1 Å². The van der Waals surface area contributed by atoms with E-state index in [0.29, 0.717) is 0 Å². The number of nitrogens with two attached hydrogens (primary N) is 1. The molecule has 0 atom stereocenters. The molecular formula is C10H18N2. The van der Waals surface area contributed by atoms with Gasteiger partial charge in [0.25, 0.3) is 0 Å². The predicted octanol–water partition coefficient (Wildman–Crippen LogP) is 2.48. The highest BCUT2D eigenvalue weighted by molar-refractivity contribution is 5.99. The average molecular weight is 166 g/mol. The van der Waals surface area contributed by atoms with Crippen LogP contribution < -0.4 is 5.73 Å². The molecule has 0 aliphatic carbocycles. The summed E-state index contributed by atoms with van der Waals surface area (Å²) in [6.07, 6.45) is 7.03. The Balaban J connectivity index is 4.67. The molecule has 0 aliphatic heterocycles. The second kappa shape index (κ2) is 4.75. The van der Waals surface area contributed by atoms with Gasteiger partial charge in [-0.15, -0.1) is 0 Å². The van der Waals surface area contributed by atoms with Gasteiger partial charge in [0.1, 0.15) is 0 Å². The summed E-state index contributed by atoms with van der Waals surface area (Å²) in [5.74, 6) is 0. The molecule has 0 bridgehead atoms. The van der Waals surface area contributed by atoms with Crippen LogP contribution in [0, 0.1) is 5.41 Å². The molecule has 2 nitrogen and oxygen atoms in total. The maximum Gasteiger partial charge on any atom is 0.0454 e. The van der Waals surface area contributed by atoms with E-state index in [1.807, 2.05) is 19.1 Å². The fourth-order valence-corrected chi connectivity index (χ4v) is 0.768. The summed E-state index contributed by atoms with van der Waals surface area (Å²) in [6.45, 7) is 8.34. The van der Waals surface area contributed by atoms with Gasteiger partial charge in [-0.05, 0) is 13.0 Å². The van der Waals surface area contributed by atoms with Crippen molar-refractivity contribution in [3.05, 3.63) is 24.6 Å². The van der Waals surface area contributed by atoms with E-state index in [2.05, 4.69) is 25.8 Å². The zero-order chi connectivity index (χ0) is 9.61. The van der Waals surface area contributed by atoms with Gasteiger partial charge in [-0.2, -0.15) is 0 Å². The van der Waals surface area contributed by atoms with Crippen molar-refractivity contribution in [3.63, 3.8) is 0 Å². The van der Waals surface area contributed by atoms with Crippen LogP contribution in [-0.2, 0) is 0 Å². The summed E-state index contributed by atoms with van der Waals surface area (Å²) in [4.78, 5) is 4.23. The minimum absolute atomic E-state index is 0.0754. The third-order valence-electron chi connectivity index (χ3n) is 1.39. The molecule has 2 heteroatoms. The van der Waals surface area contributed by atoms with Crippen LogP contribution in [0.15, 0.2) is 29.5 Å². The normalized spacial score (nSPS) is 14.8. The highest BCUT2D eigenvalue weighted by Gasteiger charge is 2.14. The van der Waals surface area contributed by atoms with Crippen LogP contribution >= 0.6 is 0 Å². The van der Waals surface area contributed by atoms with Crippen LogP contribution in [-0.4, -0.2) is 5.71 Å². The van der Waals surface area contributed by atoms with Crippen LogP contribution in [0.5, 0.6) is 0 Å². The van der Waals surface area contributed by atoms with Crippen LogP contribution in [0.1, 0.15) is 27.7 Å². The van der Waals surface area contributed by atoms with Gasteiger partial charge in [0, 0.05) is 23.5 Å². The Morgan fingerprint density at radius 3 is 2.25 bits per heavy atom. The standard InChI is InChI=1S/C10H18N2/c1-5-6-9(10(2,3)4)12-8-7-11/h5-8H,11H2,1-4H3/b6-5-,8-7-,12-9+. The molecule has 0 aliphatic rings. The predicted molar refractivity (Wildman–Crippen MR) is 55.0 cm³/mol. The summed E-state index contributed by atoms with van der Waals surface area (Å²) in [6, 6.07) is 0. The van der Waals surface area contributed by atoms with E-state index in [9.17, 15) is 0 Å². The van der Waals surface area contributed by atoms with Gasteiger partial charge in [-0.25, -0.2) is 0 Å². The zero-order valence-electron chi connectivity index (χ0n) is 8.33. The number of hydrogen-bond acceptors (Lipinski definition) is 2. The Kier molecular flexibility index (Phi) is 4.34. The van der Waals surface area contributed by atoms with E-state index in [1.165, 1.54) is 6.20 Å². The van der Waals surface area contributed by atoms with Gasteiger partial charge in [-0.1, -0.05) is 26.8 Å². The van der Waals surface area contributed by atoms with Crippen molar-refractivity contribution in [1.82, 2.24) is 0 Å². The molecule has 0 rings (SSSR count). The maximum atomic E-state index is 5.20. The van der Waals surface area contributed by atoms with Gasteiger partial charge in [0.2, 0.25) is 0 Å². The fraction of sp³-hybridized carbons (Fsp3) is 0.500. The topological polar surface area (TPSA) is 38.4 Å². The second-order valence-corrected chi connectivity index (χ2v) is 3.61. The van der Waals surface area contributed by atoms with Crippen molar-refractivity contribution in [3.8, 4) is 0 Å². The first-order valence-electron chi connectivity index (χ1n) is 4.10. The highest BCUT2D eigenvalue weighted by atomic mass is 14.7. The molecule has 0 aromatic carbocycles.